The summed E-state index contributed by atoms with van der Waals surface area (Å²) in [5.41, 5.74) is 0.0938. The molecule has 0 spiro atoms. The van der Waals surface area contributed by atoms with Crippen LogP contribution in [0.4, 0.5) is 13.2 Å². The van der Waals surface area contributed by atoms with E-state index in [0.717, 1.165) is 5.57 Å². The molecule has 1 aromatic rings. The van der Waals surface area contributed by atoms with E-state index in [1.165, 1.54) is 6.07 Å². The predicted octanol–water partition coefficient (Wildman–Crippen LogP) is 3.42. The molecule has 1 aromatic heterocycles. The van der Waals surface area contributed by atoms with Crippen molar-refractivity contribution in [1.82, 2.24) is 9.47 Å². The van der Waals surface area contributed by atoms with E-state index >= 15 is 0 Å². The molecule has 0 atom stereocenters. The molecule has 1 aliphatic heterocycles. The lowest BCUT2D eigenvalue weighted by Gasteiger charge is -2.24. The largest absolute Gasteiger partial charge is 0.432 e. The van der Waals surface area contributed by atoms with Crippen molar-refractivity contribution >= 4 is 11.6 Å². The Balaban J connectivity index is 2.31. The minimum Gasteiger partial charge on any atom is -0.361 e. The minimum absolute atomic E-state index is 0.203. The fraction of sp³-hybridized carbons (Fsp3) is 0.267. The van der Waals surface area contributed by atoms with Gasteiger partial charge in [0, 0.05) is 26.3 Å². The van der Waals surface area contributed by atoms with Crippen LogP contribution in [-0.2, 0) is 6.54 Å². The zero-order chi connectivity index (χ0) is 16.3. The van der Waals surface area contributed by atoms with E-state index in [-0.39, 0.29) is 5.49 Å². The van der Waals surface area contributed by atoms with E-state index in [0.29, 0.717) is 18.2 Å². The Morgan fingerprint density at radius 1 is 1.36 bits per heavy atom. The number of halogens is 4. The van der Waals surface area contributed by atoms with Crippen LogP contribution in [0.5, 0.6) is 0 Å². The molecule has 0 unspecified atom stereocenters. The highest BCUT2D eigenvalue weighted by atomic mass is 35.5. The third-order valence-electron chi connectivity index (χ3n) is 3.13. The Bertz CT molecular complexity index is 698. The average Bonchev–Trinajstić information content (AvgIpc) is 2.44. The van der Waals surface area contributed by atoms with E-state index in [4.69, 9.17) is 11.6 Å². The fourth-order valence-electron chi connectivity index (χ4n) is 1.97. The Morgan fingerprint density at radius 3 is 2.73 bits per heavy atom. The van der Waals surface area contributed by atoms with Crippen molar-refractivity contribution in [2.45, 2.75) is 12.7 Å². The molecule has 1 aliphatic rings. The number of alkyl halides is 3. The fourth-order valence-corrected chi connectivity index (χ4v) is 2.10. The lowest BCUT2D eigenvalue weighted by molar-refractivity contribution is -0.0923. The molecule has 0 saturated carbocycles. The van der Waals surface area contributed by atoms with E-state index in [1.54, 1.807) is 29.0 Å². The normalized spacial score (nSPS) is 16.4. The molecule has 22 heavy (non-hydrogen) atoms. The van der Waals surface area contributed by atoms with Crippen molar-refractivity contribution in [3.8, 4) is 0 Å². The molecule has 2 heterocycles. The van der Waals surface area contributed by atoms with E-state index in [9.17, 15) is 13.2 Å². The lowest BCUT2D eigenvalue weighted by Crippen LogP contribution is -2.27. The van der Waals surface area contributed by atoms with Crippen LogP contribution >= 0.6 is 11.6 Å². The maximum absolute atomic E-state index is 12.6. The molecule has 0 aliphatic carbocycles. The SMILES string of the molecule is C=C(/N=c1\ccccn1CC1=CC=C(Cl)N(C)C1)C(F)(F)F. The van der Waals surface area contributed by atoms with Crippen molar-refractivity contribution in [2.24, 2.45) is 4.99 Å². The molecule has 0 amide bonds. The molecule has 0 saturated heterocycles. The van der Waals surface area contributed by atoms with Crippen LogP contribution in [0.2, 0.25) is 0 Å². The number of aromatic nitrogens is 1. The monoisotopic (exact) mass is 329 g/mol. The molecule has 0 N–H and O–H groups in total. The summed E-state index contributed by atoms with van der Waals surface area (Å²) in [6.45, 7) is 4.01. The maximum atomic E-state index is 12.6. The zero-order valence-electron chi connectivity index (χ0n) is 11.9. The first-order valence-electron chi connectivity index (χ1n) is 6.50. The van der Waals surface area contributed by atoms with Gasteiger partial charge in [-0.25, -0.2) is 4.99 Å². The molecule has 2 rings (SSSR count). The van der Waals surface area contributed by atoms with E-state index in [1.807, 2.05) is 18.0 Å². The Hall–Kier alpha value is -1.95. The van der Waals surface area contributed by atoms with Gasteiger partial charge < -0.3 is 9.47 Å². The number of rotatable bonds is 3. The average molecular weight is 330 g/mol. The third-order valence-corrected chi connectivity index (χ3v) is 3.54. The van der Waals surface area contributed by atoms with Crippen LogP contribution in [0, 0.1) is 0 Å². The molecule has 0 aromatic carbocycles. The quantitative estimate of drug-likeness (QED) is 0.778. The summed E-state index contributed by atoms with van der Waals surface area (Å²) in [5.74, 6) is 0. The number of hydrogen-bond donors (Lipinski definition) is 0. The van der Waals surface area contributed by atoms with Gasteiger partial charge in [0.25, 0.3) is 0 Å². The van der Waals surface area contributed by atoms with Crippen molar-refractivity contribution in [3.63, 3.8) is 0 Å². The highest BCUT2D eigenvalue weighted by molar-refractivity contribution is 6.29. The summed E-state index contributed by atoms with van der Waals surface area (Å²) < 4.78 is 39.4. The summed E-state index contributed by atoms with van der Waals surface area (Å²) in [5, 5.41) is 0.622. The topological polar surface area (TPSA) is 20.5 Å². The minimum atomic E-state index is -4.53. The summed E-state index contributed by atoms with van der Waals surface area (Å²) in [6.07, 6.45) is 0.775. The molecule has 0 fully saturated rings. The maximum Gasteiger partial charge on any atom is 0.432 e. The first kappa shape index (κ1) is 16.4. The molecule has 7 heteroatoms. The number of hydrogen-bond acceptors (Lipinski definition) is 2. The second-order valence-electron chi connectivity index (χ2n) is 4.91. The van der Waals surface area contributed by atoms with Crippen LogP contribution in [0.1, 0.15) is 0 Å². The van der Waals surface area contributed by atoms with Gasteiger partial charge in [-0.15, -0.1) is 0 Å². The highest BCUT2D eigenvalue weighted by Crippen LogP contribution is 2.24. The van der Waals surface area contributed by atoms with Crippen molar-refractivity contribution in [2.75, 3.05) is 13.6 Å². The van der Waals surface area contributed by atoms with E-state index < -0.39 is 11.9 Å². The first-order chi connectivity index (χ1) is 10.3. The van der Waals surface area contributed by atoms with Crippen molar-refractivity contribution < 1.29 is 13.2 Å². The van der Waals surface area contributed by atoms with Gasteiger partial charge >= 0.3 is 6.18 Å². The first-order valence-corrected chi connectivity index (χ1v) is 6.88. The van der Waals surface area contributed by atoms with Gasteiger partial charge in [0.1, 0.15) is 16.3 Å². The second kappa shape index (κ2) is 6.44. The summed E-state index contributed by atoms with van der Waals surface area (Å²) in [4.78, 5) is 5.44. The van der Waals surface area contributed by atoms with Gasteiger partial charge in [0.15, 0.2) is 0 Å². The van der Waals surface area contributed by atoms with Gasteiger partial charge in [-0.05, 0) is 23.8 Å². The van der Waals surface area contributed by atoms with E-state index in [2.05, 4.69) is 11.6 Å². The van der Waals surface area contributed by atoms with Crippen molar-refractivity contribution in [1.29, 1.82) is 0 Å². The summed E-state index contributed by atoms with van der Waals surface area (Å²) in [6, 6.07) is 4.90. The van der Waals surface area contributed by atoms with Gasteiger partial charge in [-0.2, -0.15) is 13.2 Å². The number of pyridine rings is 1. The van der Waals surface area contributed by atoms with Gasteiger partial charge in [-0.1, -0.05) is 30.3 Å². The Labute approximate surface area is 131 Å². The highest BCUT2D eigenvalue weighted by Gasteiger charge is 2.31. The van der Waals surface area contributed by atoms with Crippen molar-refractivity contribution in [3.05, 3.63) is 65.0 Å². The number of nitrogens with zero attached hydrogens (tertiary/aromatic N) is 3. The van der Waals surface area contributed by atoms with Gasteiger partial charge in [-0.3, -0.25) is 0 Å². The molecule has 0 bridgehead atoms. The van der Waals surface area contributed by atoms with Crippen LogP contribution < -0.4 is 5.49 Å². The number of likely N-dealkylation sites (N-methyl/N-ethyl adjacent to an activating group) is 1. The van der Waals surface area contributed by atoms with Crippen LogP contribution in [-0.4, -0.2) is 29.2 Å². The summed E-state index contributed by atoms with van der Waals surface area (Å²) >= 11 is 5.97. The zero-order valence-corrected chi connectivity index (χ0v) is 12.7. The predicted molar refractivity (Wildman–Crippen MR) is 79.8 cm³/mol. The molecular formula is C15H15ClF3N3. The van der Waals surface area contributed by atoms with Gasteiger partial charge in [0.2, 0.25) is 0 Å². The van der Waals surface area contributed by atoms with Crippen LogP contribution in [0.3, 0.4) is 0 Å². The number of allylic oxidation sites excluding steroid dienone is 3. The Kier molecular flexibility index (Phi) is 4.81. The molecular weight excluding hydrogens is 315 g/mol. The van der Waals surface area contributed by atoms with Crippen LogP contribution in [0.25, 0.3) is 0 Å². The van der Waals surface area contributed by atoms with Gasteiger partial charge in [0.05, 0.1) is 0 Å². The van der Waals surface area contributed by atoms with Crippen LogP contribution in [0.15, 0.2) is 64.5 Å². The molecule has 118 valence electrons. The smallest absolute Gasteiger partial charge is 0.361 e. The summed E-state index contributed by atoms with van der Waals surface area (Å²) in [7, 11) is 1.85. The molecule has 0 radical (unpaired) electrons. The molecule has 3 nitrogen and oxygen atoms in total. The Morgan fingerprint density at radius 2 is 2.09 bits per heavy atom. The second-order valence-corrected chi connectivity index (χ2v) is 5.30. The lowest BCUT2D eigenvalue weighted by atomic mass is 10.2. The standard InChI is InChI=1S/C15H15ClF3N3/c1-11(15(17,18)19)20-14-5-3-4-8-22(14)10-12-6-7-13(16)21(2)9-12/h3-8H,1,9-10H2,2H3/b20-14+. The third kappa shape index (κ3) is 4.04.